The average Bonchev–Trinajstić information content (AvgIpc) is 2.90. The Morgan fingerprint density at radius 1 is 1.10 bits per heavy atom. The fourth-order valence-electron chi connectivity index (χ4n) is 2.07. The molecule has 0 unspecified atom stereocenters. The summed E-state index contributed by atoms with van der Waals surface area (Å²) < 4.78 is 10.8. The Morgan fingerprint density at radius 3 is 2.50 bits per heavy atom. The van der Waals surface area contributed by atoms with Crippen LogP contribution in [0.2, 0.25) is 0 Å². The first kappa shape index (κ1) is 12.3. The average molecular weight is 268 g/mol. The zero-order valence-electron chi connectivity index (χ0n) is 10.8. The van der Waals surface area contributed by atoms with E-state index in [9.17, 15) is 4.79 Å². The summed E-state index contributed by atoms with van der Waals surface area (Å²) in [6.45, 7) is 0. The highest BCUT2D eigenvalue weighted by Gasteiger charge is 2.09. The van der Waals surface area contributed by atoms with Crippen LogP contribution in [0, 0.1) is 0 Å². The highest BCUT2D eigenvalue weighted by atomic mass is 16.5. The van der Waals surface area contributed by atoms with Crippen molar-refractivity contribution in [2.24, 2.45) is 0 Å². The van der Waals surface area contributed by atoms with Crippen molar-refractivity contribution in [2.75, 3.05) is 7.11 Å². The fraction of sp³-hybridized carbons (Fsp3) is 0.0625. The van der Waals surface area contributed by atoms with Crippen LogP contribution >= 0.6 is 0 Å². The molecule has 0 aliphatic carbocycles. The normalized spacial score (nSPS) is 10.7. The van der Waals surface area contributed by atoms with Crippen LogP contribution in [0.15, 0.2) is 52.9 Å². The predicted molar refractivity (Wildman–Crippen MR) is 75.2 cm³/mol. The maximum atomic E-state index is 10.9. The minimum Gasteiger partial charge on any atom is -0.497 e. The van der Waals surface area contributed by atoms with E-state index in [0.29, 0.717) is 11.3 Å². The summed E-state index contributed by atoms with van der Waals surface area (Å²) >= 11 is 0. The van der Waals surface area contributed by atoms with Crippen LogP contribution in [-0.2, 0) is 0 Å². The van der Waals surface area contributed by atoms with E-state index in [1.165, 1.54) is 6.07 Å². The highest BCUT2D eigenvalue weighted by Crippen LogP contribution is 2.29. The van der Waals surface area contributed by atoms with Crippen LogP contribution in [0.4, 0.5) is 0 Å². The number of carbonyl (C=O) groups is 1. The second-order valence-corrected chi connectivity index (χ2v) is 4.40. The molecule has 1 aromatic heterocycles. The van der Waals surface area contributed by atoms with Crippen LogP contribution in [0.25, 0.3) is 22.3 Å². The van der Waals surface area contributed by atoms with E-state index in [4.69, 9.17) is 14.3 Å². The van der Waals surface area contributed by atoms with Gasteiger partial charge in [0, 0.05) is 10.9 Å². The molecule has 0 atom stereocenters. The Balaban J connectivity index is 2.05. The van der Waals surface area contributed by atoms with Gasteiger partial charge in [-0.1, -0.05) is 0 Å². The first-order valence-electron chi connectivity index (χ1n) is 6.09. The van der Waals surface area contributed by atoms with E-state index in [0.717, 1.165) is 16.7 Å². The second kappa shape index (κ2) is 4.74. The van der Waals surface area contributed by atoms with Crippen LogP contribution in [0.1, 0.15) is 10.4 Å². The third-order valence-electron chi connectivity index (χ3n) is 3.14. The summed E-state index contributed by atoms with van der Waals surface area (Å²) in [7, 11) is 1.61. The summed E-state index contributed by atoms with van der Waals surface area (Å²) in [6.07, 6.45) is 0. The Morgan fingerprint density at radius 2 is 1.85 bits per heavy atom. The molecule has 0 radical (unpaired) electrons. The van der Waals surface area contributed by atoms with Crippen molar-refractivity contribution in [1.29, 1.82) is 0 Å². The van der Waals surface area contributed by atoms with E-state index < -0.39 is 5.97 Å². The summed E-state index contributed by atoms with van der Waals surface area (Å²) in [5, 5.41) is 9.76. The van der Waals surface area contributed by atoms with Crippen molar-refractivity contribution < 1.29 is 19.1 Å². The molecular weight excluding hydrogens is 256 g/mol. The SMILES string of the molecule is COc1ccc(-c2cc3cc(C(=O)O)ccc3o2)cc1. The molecule has 100 valence electrons. The van der Waals surface area contributed by atoms with E-state index >= 15 is 0 Å². The van der Waals surface area contributed by atoms with Gasteiger partial charge in [0.1, 0.15) is 17.1 Å². The van der Waals surface area contributed by atoms with Crippen LogP contribution in [-0.4, -0.2) is 18.2 Å². The minimum atomic E-state index is -0.945. The van der Waals surface area contributed by atoms with Crippen molar-refractivity contribution in [3.63, 3.8) is 0 Å². The lowest BCUT2D eigenvalue weighted by molar-refractivity contribution is 0.0697. The van der Waals surface area contributed by atoms with Crippen LogP contribution in [0.3, 0.4) is 0 Å². The number of aromatic carboxylic acids is 1. The molecule has 3 aromatic rings. The summed E-state index contributed by atoms with van der Waals surface area (Å²) in [6, 6.07) is 14.1. The molecule has 0 amide bonds. The Kier molecular flexibility index (Phi) is 2.91. The molecule has 4 heteroatoms. The summed E-state index contributed by atoms with van der Waals surface area (Å²) in [5.41, 5.74) is 1.83. The molecule has 0 saturated heterocycles. The first-order chi connectivity index (χ1) is 9.67. The van der Waals surface area contributed by atoms with Gasteiger partial charge in [0.05, 0.1) is 12.7 Å². The van der Waals surface area contributed by atoms with Gasteiger partial charge in [-0.05, 0) is 48.5 Å². The number of carboxylic acid groups (broad SMARTS) is 1. The van der Waals surface area contributed by atoms with Gasteiger partial charge in [0.15, 0.2) is 0 Å². The van der Waals surface area contributed by atoms with Crippen molar-refractivity contribution in [3.05, 3.63) is 54.1 Å². The smallest absolute Gasteiger partial charge is 0.335 e. The number of benzene rings is 2. The molecule has 0 fully saturated rings. The summed E-state index contributed by atoms with van der Waals surface area (Å²) in [4.78, 5) is 10.9. The lowest BCUT2D eigenvalue weighted by Gasteiger charge is -2.00. The zero-order valence-corrected chi connectivity index (χ0v) is 10.8. The minimum absolute atomic E-state index is 0.250. The monoisotopic (exact) mass is 268 g/mol. The maximum absolute atomic E-state index is 10.9. The second-order valence-electron chi connectivity index (χ2n) is 4.40. The van der Waals surface area contributed by atoms with Crippen LogP contribution < -0.4 is 4.74 Å². The molecule has 3 rings (SSSR count). The fourth-order valence-corrected chi connectivity index (χ4v) is 2.07. The molecule has 0 aliphatic rings. The van der Waals surface area contributed by atoms with Crippen molar-refractivity contribution >= 4 is 16.9 Å². The zero-order chi connectivity index (χ0) is 14.1. The van der Waals surface area contributed by atoms with Crippen molar-refractivity contribution in [3.8, 4) is 17.1 Å². The van der Waals surface area contributed by atoms with Gasteiger partial charge in [-0.3, -0.25) is 0 Å². The van der Waals surface area contributed by atoms with E-state index in [1.54, 1.807) is 19.2 Å². The quantitative estimate of drug-likeness (QED) is 0.784. The van der Waals surface area contributed by atoms with Gasteiger partial charge in [-0.15, -0.1) is 0 Å². The van der Waals surface area contributed by atoms with Gasteiger partial charge in [-0.2, -0.15) is 0 Å². The Labute approximate surface area is 115 Å². The number of methoxy groups -OCH3 is 1. The molecule has 0 bridgehead atoms. The predicted octanol–water partition coefficient (Wildman–Crippen LogP) is 3.81. The third-order valence-corrected chi connectivity index (χ3v) is 3.14. The van der Waals surface area contributed by atoms with Gasteiger partial charge in [0.2, 0.25) is 0 Å². The van der Waals surface area contributed by atoms with Gasteiger partial charge < -0.3 is 14.3 Å². The van der Waals surface area contributed by atoms with Gasteiger partial charge in [0.25, 0.3) is 0 Å². The van der Waals surface area contributed by atoms with Crippen molar-refractivity contribution in [1.82, 2.24) is 0 Å². The number of hydrogen-bond acceptors (Lipinski definition) is 3. The number of rotatable bonds is 3. The number of fused-ring (bicyclic) bond motifs is 1. The first-order valence-corrected chi connectivity index (χ1v) is 6.09. The molecule has 0 spiro atoms. The molecule has 0 aliphatic heterocycles. The largest absolute Gasteiger partial charge is 0.497 e. The number of hydrogen-bond donors (Lipinski definition) is 1. The highest BCUT2D eigenvalue weighted by molar-refractivity contribution is 5.94. The molecule has 0 saturated carbocycles. The van der Waals surface area contributed by atoms with E-state index in [2.05, 4.69) is 0 Å². The molecular formula is C16H12O4. The number of ether oxygens (including phenoxy) is 1. The lowest BCUT2D eigenvalue weighted by atomic mass is 10.1. The van der Waals surface area contributed by atoms with Crippen molar-refractivity contribution in [2.45, 2.75) is 0 Å². The summed E-state index contributed by atoms with van der Waals surface area (Å²) in [5.74, 6) is 0.530. The number of carboxylic acids is 1. The van der Waals surface area contributed by atoms with E-state index in [1.807, 2.05) is 30.3 Å². The molecule has 4 nitrogen and oxygen atoms in total. The third kappa shape index (κ3) is 2.12. The van der Waals surface area contributed by atoms with Crippen LogP contribution in [0.5, 0.6) is 5.75 Å². The topological polar surface area (TPSA) is 59.7 Å². The Hall–Kier alpha value is -2.75. The molecule has 1 N–H and O–H groups in total. The Bertz CT molecular complexity index is 769. The standard InChI is InChI=1S/C16H12O4/c1-19-13-5-2-10(3-6-13)15-9-12-8-11(16(17)18)4-7-14(12)20-15/h2-9H,1H3,(H,17,18). The number of furan rings is 1. The molecule has 1 heterocycles. The maximum Gasteiger partial charge on any atom is 0.335 e. The molecule has 20 heavy (non-hydrogen) atoms. The lowest BCUT2D eigenvalue weighted by Crippen LogP contribution is -1.94. The van der Waals surface area contributed by atoms with Gasteiger partial charge in [-0.25, -0.2) is 4.79 Å². The van der Waals surface area contributed by atoms with Gasteiger partial charge >= 0.3 is 5.97 Å². The van der Waals surface area contributed by atoms with E-state index in [-0.39, 0.29) is 5.56 Å². The molecule has 2 aromatic carbocycles.